The van der Waals surface area contributed by atoms with E-state index in [9.17, 15) is 33.6 Å². The van der Waals surface area contributed by atoms with Crippen molar-refractivity contribution in [2.24, 2.45) is 5.41 Å². The number of hydrogen-bond acceptors (Lipinski definition) is 9. The van der Waals surface area contributed by atoms with Crippen molar-refractivity contribution in [3.05, 3.63) is 94.5 Å². The van der Waals surface area contributed by atoms with Crippen LogP contribution < -0.4 is 14.8 Å². The minimum Gasteiger partial charge on any atom is -0.494 e. The Labute approximate surface area is 379 Å². The van der Waals surface area contributed by atoms with Crippen molar-refractivity contribution < 1.29 is 43.0 Å². The maximum Gasteiger partial charge on any atom is 0.291 e. The topological polar surface area (TPSA) is 153 Å². The number of carbonyl (C=O) groups excluding carboxylic acids is 7. The predicted molar refractivity (Wildman–Crippen MR) is 247 cm³/mol. The van der Waals surface area contributed by atoms with Crippen LogP contribution in [0.1, 0.15) is 156 Å². The van der Waals surface area contributed by atoms with Crippen molar-refractivity contribution in [1.29, 1.82) is 0 Å². The summed E-state index contributed by atoms with van der Waals surface area (Å²) in [5.41, 5.74) is 4.21. The van der Waals surface area contributed by atoms with E-state index in [1.54, 1.807) is 38.1 Å². The van der Waals surface area contributed by atoms with Crippen LogP contribution in [0, 0.1) is 19.3 Å². The molecule has 1 saturated carbocycles. The number of hydrogen-bond donors (Lipinski definition) is 1. The molecule has 64 heavy (non-hydrogen) atoms. The first-order chi connectivity index (χ1) is 30.6. The summed E-state index contributed by atoms with van der Waals surface area (Å²) in [5, 5.41) is 2.73. The zero-order chi connectivity index (χ0) is 46.2. The first kappa shape index (κ1) is 49.6. The molecule has 2 unspecified atom stereocenters. The lowest BCUT2D eigenvalue weighted by Crippen LogP contribution is -2.52. The van der Waals surface area contributed by atoms with Gasteiger partial charge in [0.1, 0.15) is 23.9 Å². The molecule has 344 valence electrons. The molecule has 3 aromatic rings. The Kier molecular flexibility index (Phi) is 18.6. The number of benzene rings is 3. The molecule has 1 aliphatic carbocycles. The van der Waals surface area contributed by atoms with Gasteiger partial charge in [0.25, 0.3) is 11.8 Å². The summed E-state index contributed by atoms with van der Waals surface area (Å²) in [5.74, 6) is -0.607. The van der Waals surface area contributed by atoms with Gasteiger partial charge in [0.05, 0.1) is 25.1 Å². The summed E-state index contributed by atoms with van der Waals surface area (Å²) in [4.78, 5) is 91.4. The quantitative estimate of drug-likeness (QED) is 0.0528. The standard InChI is InChI=1S/C53H68N2O9/c1-6-53(4,5)50(60)52(62)55-29-12-11-18-47(55)49(59)33-41(22-21-38-20-19-36(2)37(3)31-38)40-15-14-17-45(32-40)64-35-43(57)16-10-8-7-9-13-30-63-44-26-23-39(24-27-44)51(61)54-46-28-25-42(56)34-48(46)58/h14-15,17,19-20,23-24,26-27,31-32,41,46-47H,6-13,16,18,21-22,25,28-30,33-35H2,1-5H3,(H,54,61)/t41-,46?,47?/m0/s1. The van der Waals surface area contributed by atoms with Crippen LogP contribution in [-0.2, 0) is 35.2 Å². The second-order valence-corrected chi connectivity index (χ2v) is 18.4. The number of Topliss-reactive ketones (excluding diaryl/α,β-unsaturated/α-hetero) is 5. The number of aryl methyl sites for hydroxylation is 3. The molecule has 1 aliphatic heterocycles. The fourth-order valence-corrected chi connectivity index (χ4v) is 8.36. The third kappa shape index (κ3) is 14.5. The lowest BCUT2D eigenvalue weighted by Gasteiger charge is -2.36. The van der Waals surface area contributed by atoms with Crippen LogP contribution in [0.25, 0.3) is 0 Å². The minimum atomic E-state index is -0.789. The number of rotatable bonds is 24. The van der Waals surface area contributed by atoms with Crippen LogP contribution in [0.2, 0.25) is 0 Å². The molecule has 0 radical (unpaired) electrons. The highest BCUT2D eigenvalue weighted by molar-refractivity contribution is 6.38. The van der Waals surface area contributed by atoms with Crippen LogP contribution in [0.15, 0.2) is 66.7 Å². The molecule has 2 fully saturated rings. The largest absolute Gasteiger partial charge is 0.494 e. The van der Waals surface area contributed by atoms with E-state index >= 15 is 0 Å². The number of nitrogens with zero attached hydrogens (tertiary/aromatic N) is 1. The minimum absolute atomic E-state index is 0.0237. The Bertz CT molecular complexity index is 2120. The van der Waals surface area contributed by atoms with E-state index < -0.39 is 29.2 Å². The van der Waals surface area contributed by atoms with Crippen molar-refractivity contribution in [1.82, 2.24) is 10.2 Å². The van der Waals surface area contributed by atoms with Crippen molar-refractivity contribution in [3.8, 4) is 11.5 Å². The molecule has 11 heteroatoms. The van der Waals surface area contributed by atoms with Gasteiger partial charge in [-0.3, -0.25) is 33.6 Å². The van der Waals surface area contributed by atoms with Crippen molar-refractivity contribution in [3.63, 3.8) is 0 Å². The maximum atomic E-state index is 14.2. The third-order valence-corrected chi connectivity index (χ3v) is 13.1. The van der Waals surface area contributed by atoms with Gasteiger partial charge in [-0.15, -0.1) is 0 Å². The summed E-state index contributed by atoms with van der Waals surface area (Å²) in [7, 11) is 0. The van der Waals surface area contributed by atoms with E-state index in [2.05, 4.69) is 37.4 Å². The van der Waals surface area contributed by atoms with E-state index in [0.717, 1.165) is 56.9 Å². The third-order valence-electron chi connectivity index (χ3n) is 13.1. The summed E-state index contributed by atoms with van der Waals surface area (Å²) in [6.07, 6.45) is 9.75. The molecule has 11 nitrogen and oxygen atoms in total. The van der Waals surface area contributed by atoms with Gasteiger partial charge in [0, 0.05) is 36.8 Å². The first-order valence-corrected chi connectivity index (χ1v) is 23.4. The van der Waals surface area contributed by atoms with Gasteiger partial charge in [0.2, 0.25) is 5.78 Å². The Hall–Kier alpha value is -5.45. The molecule has 1 N–H and O–H groups in total. The number of unbranched alkanes of at least 4 members (excludes halogenated alkanes) is 4. The molecule has 5 rings (SSSR count). The number of ketones is 5. The van der Waals surface area contributed by atoms with Gasteiger partial charge in [-0.05, 0) is 136 Å². The van der Waals surface area contributed by atoms with Gasteiger partial charge in [-0.25, -0.2) is 0 Å². The predicted octanol–water partition coefficient (Wildman–Crippen LogP) is 9.15. The Balaban J connectivity index is 1.06. The second-order valence-electron chi connectivity index (χ2n) is 18.4. The molecule has 2 aliphatic rings. The first-order valence-electron chi connectivity index (χ1n) is 23.4. The number of amides is 2. The SMILES string of the molecule is CCC(C)(C)C(=O)C(=O)N1CCCCC1C(=O)C[C@H](CCc1ccc(C)c(C)c1)c1cccc(OCC(=O)CCCCCCCOc2ccc(C(=O)NC3CCC(=O)CC3=O)cc2)c1. The second kappa shape index (κ2) is 24.0. The molecule has 0 aromatic heterocycles. The summed E-state index contributed by atoms with van der Waals surface area (Å²) < 4.78 is 11.9. The van der Waals surface area contributed by atoms with Crippen LogP contribution >= 0.6 is 0 Å². The Morgan fingerprint density at radius 2 is 1.58 bits per heavy atom. The number of carbonyl (C=O) groups is 7. The molecule has 2 amide bonds. The smallest absolute Gasteiger partial charge is 0.291 e. The Morgan fingerprint density at radius 1 is 0.828 bits per heavy atom. The highest BCUT2D eigenvalue weighted by Crippen LogP contribution is 2.32. The summed E-state index contributed by atoms with van der Waals surface area (Å²) in [6.45, 7) is 10.6. The number of nitrogens with one attached hydrogen (secondary N) is 1. The number of ether oxygens (including phenoxy) is 2. The molecule has 0 spiro atoms. The zero-order valence-corrected chi connectivity index (χ0v) is 38.6. The van der Waals surface area contributed by atoms with Crippen molar-refractivity contribution >= 4 is 40.7 Å². The van der Waals surface area contributed by atoms with E-state index in [0.29, 0.717) is 68.7 Å². The van der Waals surface area contributed by atoms with Crippen molar-refractivity contribution in [2.45, 2.75) is 155 Å². The fourth-order valence-electron chi connectivity index (χ4n) is 8.36. The lowest BCUT2D eigenvalue weighted by atomic mass is 9.82. The van der Waals surface area contributed by atoms with Gasteiger partial charge >= 0.3 is 0 Å². The van der Waals surface area contributed by atoms with Gasteiger partial charge < -0.3 is 19.7 Å². The molecule has 3 aromatic carbocycles. The number of likely N-dealkylation sites (tertiary alicyclic amines) is 1. The fraction of sp³-hybridized carbons (Fsp3) is 0.528. The Morgan fingerprint density at radius 3 is 2.31 bits per heavy atom. The molecule has 1 saturated heterocycles. The summed E-state index contributed by atoms with van der Waals surface area (Å²) in [6, 6.07) is 19.6. The molecular weight excluding hydrogens is 809 g/mol. The molecular formula is C53H68N2O9. The number of piperidine rings is 1. The van der Waals surface area contributed by atoms with Crippen LogP contribution in [0.4, 0.5) is 0 Å². The van der Waals surface area contributed by atoms with Gasteiger partial charge in [-0.1, -0.05) is 70.4 Å². The highest BCUT2D eigenvalue weighted by Gasteiger charge is 2.40. The van der Waals surface area contributed by atoms with Crippen LogP contribution in [0.3, 0.4) is 0 Å². The lowest BCUT2D eigenvalue weighted by molar-refractivity contribution is -0.153. The maximum absolute atomic E-state index is 14.2. The van der Waals surface area contributed by atoms with Gasteiger partial charge in [-0.2, -0.15) is 0 Å². The highest BCUT2D eigenvalue weighted by atomic mass is 16.5. The molecule has 3 atom stereocenters. The zero-order valence-electron chi connectivity index (χ0n) is 38.6. The monoisotopic (exact) mass is 876 g/mol. The van der Waals surface area contributed by atoms with Gasteiger partial charge in [0.15, 0.2) is 17.3 Å². The van der Waals surface area contributed by atoms with E-state index in [4.69, 9.17) is 9.47 Å². The average Bonchev–Trinajstić information content (AvgIpc) is 3.29. The molecule has 1 heterocycles. The normalized spacial score (nSPS) is 17.1. The van der Waals surface area contributed by atoms with E-state index in [-0.39, 0.29) is 54.4 Å². The summed E-state index contributed by atoms with van der Waals surface area (Å²) >= 11 is 0. The van der Waals surface area contributed by atoms with Crippen molar-refractivity contribution in [2.75, 3.05) is 19.8 Å². The molecule has 0 bridgehead atoms. The van der Waals surface area contributed by atoms with E-state index in [1.807, 2.05) is 31.2 Å². The van der Waals surface area contributed by atoms with Crippen LogP contribution in [-0.4, -0.2) is 77.5 Å². The van der Waals surface area contributed by atoms with E-state index in [1.165, 1.54) is 21.6 Å². The average molecular weight is 877 g/mol. The van der Waals surface area contributed by atoms with Crippen LogP contribution in [0.5, 0.6) is 11.5 Å².